The number of carbonyl (C=O) groups excluding carboxylic acids is 1. The Morgan fingerprint density at radius 1 is 1.53 bits per heavy atom. The Labute approximate surface area is 88.3 Å². The van der Waals surface area contributed by atoms with E-state index in [1.165, 1.54) is 6.92 Å². The second-order valence-electron chi connectivity index (χ2n) is 4.67. The van der Waals surface area contributed by atoms with E-state index in [0.29, 0.717) is 19.3 Å². The highest BCUT2D eigenvalue weighted by atomic mass is 16.4. The molecule has 15 heavy (non-hydrogen) atoms. The Morgan fingerprint density at radius 2 is 2.07 bits per heavy atom. The Hall–Kier alpha value is -1.10. The van der Waals surface area contributed by atoms with Crippen LogP contribution in [-0.4, -0.2) is 27.7 Å². The topological polar surface area (TPSA) is 101 Å². The van der Waals surface area contributed by atoms with Gasteiger partial charge in [0, 0.05) is 5.92 Å². The monoisotopic (exact) mass is 215 g/mol. The molecule has 0 aromatic heterocycles. The molecule has 0 spiro atoms. The standard InChI is InChI=1S/C10H17NO4/c1-9(15)5-3-4-6(9)10(2,7(11)12)8(13)14/h6,15H,3-5H2,1-2H3,(H2,11,12)(H,13,14). The van der Waals surface area contributed by atoms with E-state index in [9.17, 15) is 14.7 Å². The van der Waals surface area contributed by atoms with Crippen molar-refractivity contribution in [3.05, 3.63) is 0 Å². The predicted molar refractivity (Wildman–Crippen MR) is 52.9 cm³/mol. The van der Waals surface area contributed by atoms with Gasteiger partial charge in [0.05, 0.1) is 5.60 Å². The van der Waals surface area contributed by atoms with E-state index in [-0.39, 0.29) is 0 Å². The number of hydrogen-bond acceptors (Lipinski definition) is 3. The third kappa shape index (κ3) is 1.71. The van der Waals surface area contributed by atoms with Gasteiger partial charge in [-0.1, -0.05) is 6.42 Å². The first-order valence-electron chi connectivity index (χ1n) is 4.98. The molecule has 0 aromatic rings. The van der Waals surface area contributed by atoms with Crippen LogP contribution >= 0.6 is 0 Å². The van der Waals surface area contributed by atoms with Crippen molar-refractivity contribution in [1.29, 1.82) is 0 Å². The molecule has 86 valence electrons. The number of aliphatic carboxylic acids is 1. The molecule has 0 radical (unpaired) electrons. The van der Waals surface area contributed by atoms with Gasteiger partial charge < -0.3 is 15.9 Å². The highest BCUT2D eigenvalue weighted by molar-refractivity contribution is 6.01. The maximum Gasteiger partial charge on any atom is 0.319 e. The van der Waals surface area contributed by atoms with Crippen LogP contribution in [0.4, 0.5) is 0 Å². The first kappa shape index (κ1) is 12.0. The summed E-state index contributed by atoms with van der Waals surface area (Å²) >= 11 is 0. The van der Waals surface area contributed by atoms with Crippen LogP contribution in [0.15, 0.2) is 0 Å². The Kier molecular flexibility index (Phi) is 2.78. The van der Waals surface area contributed by atoms with E-state index in [1.54, 1.807) is 6.92 Å². The SMILES string of the molecule is CC1(O)CCCC1C(C)(C(N)=O)C(=O)O. The van der Waals surface area contributed by atoms with Crippen molar-refractivity contribution in [2.75, 3.05) is 0 Å². The summed E-state index contributed by atoms with van der Waals surface area (Å²) in [6.45, 7) is 2.86. The second kappa shape index (κ2) is 3.48. The number of rotatable bonds is 3. The Balaban J connectivity index is 3.11. The molecule has 0 aliphatic heterocycles. The maximum atomic E-state index is 11.3. The molecule has 0 aromatic carbocycles. The molecule has 5 heteroatoms. The molecule has 3 atom stereocenters. The van der Waals surface area contributed by atoms with Crippen molar-refractivity contribution in [1.82, 2.24) is 0 Å². The van der Waals surface area contributed by atoms with Crippen molar-refractivity contribution in [2.24, 2.45) is 17.1 Å². The number of carboxylic acids is 1. The summed E-state index contributed by atoms with van der Waals surface area (Å²) in [6, 6.07) is 0. The van der Waals surface area contributed by atoms with E-state index in [2.05, 4.69) is 0 Å². The fraction of sp³-hybridized carbons (Fsp3) is 0.800. The lowest BCUT2D eigenvalue weighted by Gasteiger charge is -2.36. The van der Waals surface area contributed by atoms with Gasteiger partial charge in [0.15, 0.2) is 0 Å². The first-order chi connectivity index (χ1) is 6.73. The second-order valence-corrected chi connectivity index (χ2v) is 4.67. The summed E-state index contributed by atoms with van der Waals surface area (Å²) in [5, 5.41) is 19.1. The van der Waals surface area contributed by atoms with E-state index in [1.807, 2.05) is 0 Å². The molecule has 1 aliphatic carbocycles. The van der Waals surface area contributed by atoms with Crippen molar-refractivity contribution in [2.45, 2.75) is 38.7 Å². The van der Waals surface area contributed by atoms with Gasteiger partial charge in [-0.25, -0.2) is 0 Å². The van der Waals surface area contributed by atoms with Crippen LogP contribution in [0.1, 0.15) is 33.1 Å². The highest BCUT2D eigenvalue weighted by Crippen LogP contribution is 2.46. The zero-order valence-corrected chi connectivity index (χ0v) is 8.99. The number of nitrogens with two attached hydrogens (primary N) is 1. The Morgan fingerprint density at radius 3 is 2.33 bits per heavy atom. The minimum atomic E-state index is -1.68. The highest BCUT2D eigenvalue weighted by Gasteiger charge is 2.55. The van der Waals surface area contributed by atoms with E-state index in [4.69, 9.17) is 10.8 Å². The summed E-state index contributed by atoms with van der Waals surface area (Å²) in [5.74, 6) is -2.76. The summed E-state index contributed by atoms with van der Waals surface area (Å²) in [7, 11) is 0. The fourth-order valence-corrected chi connectivity index (χ4v) is 2.49. The molecule has 1 aliphatic rings. The van der Waals surface area contributed by atoms with Crippen molar-refractivity contribution >= 4 is 11.9 Å². The van der Waals surface area contributed by atoms with Gasteiger partial charge in [-0.2, -0.15) is 0 Å². The zero-order valence-electron chi connectivity index (χ0n) is 8.99. The smallest absolute Gasteiger partial charge is 0.319 e. The van der Waals surface area contributed by atoms with Crippen molar-refractivity contribution in [3.63, 3.8) is 0 Å². The lowest BCUT2D eigenvalue weighted by Crippen LogP contribution is -2.52. The molecule has 0 heterocycles. The van der Waals surface area contributed by atoms with Gasteiger partial charge in [0.2, 0.25) is 5.91 Å². The third-order valence-electron chi connectivity index (χ3n) is 3.58. The minimum Gasteiger partial charge on any atom is -0.480 e. The predicted octanol–water partition coefficient (Wildman–Crippen LogP) is 0.114. The van der Waals surface area contributed by atoms with Crippen molar-refractivity contribution in [3.8, 4) is 0 Å². The van der Waals surface area contributed by atoms with E-state index < -0.39 is 28.8 Å². The summed E-state index contributed by atoms with van der Waals surface area (Å²) in [4.78, 5) is 22.4. The number of aliphatic hydroxyl groups is 1. The molecule has 1 saturated carbocycles. The summed E-state index contributed by atoms with van der Waals surface area (Å²) in [6.07, 6.45) is 1.74. The lowest BCUT2D eigenvalue weighted by atomic mass is 9.70. The minimum absolute atomic E-state index is 0.508. The molecule has 1 fully saturated rings. The summed E-state index contributed by atoms with van der Waals surface area (Å²) in [5.41, 5.74) is 2.34. The first-order valence-corrected chi connectivity index (χ1v) is 4.98. The van der Waals surface area contributed by atoms with Crippen LogP contribution in [-0.2, 0) is 9.59 Å². The van der Waals surface area contributed by atoms with Crippen LogP contribution in [0.2, 0.25) is 0 Å². The van der Waals surface area contributed by atoms with Crippen LogP contribution in [0.25, 0.3) is 0 Å². The molecule has 4 N–H and O–H groups in total. The van der Waals surface area contributed by atoms with Gasteiger partial charge in [-0.15, -0.1) is 0 Å². The average molecular weight is 215 g/mol. The van der Waals surface area contributed by atoms with Crippen LogP contribution in [0, 0.1) is 11.3 Å². The van der Waals surface area contributed by atoms with Gasteiger partial charge >= 0.3 is 5.97 Å². The molecular formula is C10H17NO4. The largest absolute Gasteiger partial charge is 0.480 e. The number of hydrogen-bond donors (Lipinski definition) is 3. The molecular weight excluding hydrogens is 198 g/mol. The van der Waals surface area contributed by atoms with E-state index in [0.717, 1.165) is 0 Å². The normalized spacial score (nSPS) is 34.7. The average Bonchev–Trinajstić information content (AvgIpc) is 2.43. The van der Waals surface area contributed by atoms with Crippen LogP contribution in [0.5, 0.6) is 0 Å². The fourth-order valence-electron chi connectivity index (χ4n) is 2.49. The van der Waals surface area contributed by atoms with E-state index >= 15 is 0 Å². The molecule has 0 bridgehead atoms. The quantitative estimate of drug-likeness (QED) is 0.582. The molecule has 0 saturated heterocycles. The molecule has 1 amide bonds. The number of carboxylic acid groups (broad SMARTS) is 1. The van der Waals surface area contributed by atoms with Gasteiger partial charge in [-0.3, -0.25) is 9.59 Å². The maximum absolute atomic E-state index is 11.3. The van der Waals surface area contributed by atoms with Gasteiger partial charge in [0.25, 0.3) is 0 Å². The van der Waals surface area contributed by atoms with Crippen LogP contribution in [0.3, 0.4) is 0 Å². The Bertz CT molecular complexity index is 284. The van der Waals surface area contributed by atoms with Gasteiger partial charge in [-0.05, 0) is 26.7 Å². The summed E-state index contributed by atoms with van der Waals surface area (Å²) < 4.78 is 0. The van der Waals surface area contributed by atoms with Gasteiger partial charge in [0.1, 0.15) is 5.41 Å². The lowest BCUT2D eigenvalue weighted by molar-refractivity contribution is -0.163. The number of primary amides is 1. The number of amides is 1. The molecule has 3 unspecified atom stereocenters. The third-order valence-corrected chi connectivity index (χ3v) is 3.58. The number of carbonyl (C=O) groups is 2. The zero-order chi connectivity index (χ0) is 11.9. The van der Waals surface area contributed by atoms with Crippen molar-refractivity contribution < 1.29 is 19.8 Å². The molecule has 5 nitrogen and oxygen atoms in total. The molecule has 1 rings (SSSR count). The van der Waals surface area contributed by atoms with Crippen LogP contribution < -0.4 is 5.73 Å².